The fourth-order valence-corrected chi connectivity index (χ4v) is 2.34. The van der Waals surface area contributed by atoms with Crippen LogP contribution in [0.25, 0.3) is 0 Å². The van der Waals surface area contributed by atoms with Gasteiger partial charge in [-0.3, -0.25) is 19.8 Å². The number of furan rings is 1. The number of likely N-dealkylation sites (N-methyl/N-ethyl adjacent to an activating group) is 1. The van der Waals surface area contributed by atoms with E-state index in [1.165, 1.54) is 18.2 Å². The first-order chi connectivity index (χ1) is 10.5. The van der Waals surface area contributed by atoms with Crippen molar-refractivity contribution in [2.24, 2.45) is 0 Å². The van der Waals surface area contributed by atoms with E-state index in [9.17, 15) is 14.9 Å². The van der Waals surface area contributed by atoms with E-state index in [-0.39, 0.29) is 18.1 Å². The van der Waals surface area contributed by atoms with E-state index in [2.05, 4.69) is 21.2 Å². The average Bonchev–Trinajstić information content (AvgIpc) is 2.93. The Hall–Kier alpha value is -2.19. The number of anilines is 1. The Morgan fingerprint density at radius 3 is 2.82 bits per heavy atom. The molecule has 0 fully saturated rings. The number of non-ortho nitro benzene ring substituents is 1. The Kier molecular flexibility index (Phi) is 5.29. The Balaban J connectivity index is 1.93. The second-order valence-electron chi connectivity index (χ2n) is 4.72. The molecule has 22 heavy (non-hydrogen) atoms. The zero-order valence-electron chi connectivity index (χ0n) is 11.8. The molecule has 1 aromatic heterocycles. The molecule has 0 unspecified atom stereocenters. The molecule has 1 aromatic carbocycles. The molecule has 0 bridgehead atoms. The van der Waals surface area contributed by atoms with Crippen LogP contribution in [0, 0.1) is 10.1 Å². The number of carbonyl (C=O) groups excluding carboxylic acids is 1. The molecule has 1 N–H and O–H groups in total. The molecule has 0 radical (unpaired) electrons. The number of nitrogens with one attached hydrogen (secondary N) is 1. The van der Waals surface area contributed by atoms with Crippen molar-refractivity contribution in [1.82, 2.24) is 4.90 Å². The van der Waals surface area contributed by atoms with Gasteiger partial charge in [-0.1, -0.05) is 0 Å². The zero-order valence-corrected chi connectivity index (χ0v) is 13.4. The third kappa shape index (κ3) is 4.40. The Bertz CT molecular complexity index is 673. The topological polar surface area (TPSA) is 88.6 Å². The molecule has 116 valence electrons. The Morgan fingerprint density at radius 2 is 2.23 bits per heavy atom. The highest BCUT2D eigenvalue weighted by Crippen LogP contribution is 2.27. The van der Waals surface area contributed by atoms with Crippen LogP contribution in [0.5, 0.6) is 0 Å². The van der Waals surface area contributed by atoms with E-state index in [4.69, 9.17) is 4.42 Å². The molecule has 1 amide bonds. The summed E-state index contributed by atoms with van der Waals surface area (Å²) in [4.78, 5) is 24.0. The summed E-state index contributed by atoms with van der Waals surface area (Å²) in [6.45, 7) is 0.686. The summed E-state index contributed by atoms with van der Waals surface area (Å²) in [7, 11) is 1.80. The number of halogens is 1. The van der Waals surface area contributed by atoms with Crippen molar-refractivity contribution >= 4 is 33.2 Å². The fraction of sp³-hybridized carbons (Fsp3) is 0.214. The third-order valence-electron chi connectivity index (χ3n) is 2.86. The van der Waals surface area contributed by atoms with Crippen molar-refractivity contribution < 1.29 is 14.1 Å². The summed E-state index contributed by atoms with van der Waals surface area (Å²) in [5.41, 5.74) is 0.446. The highest BCUT2D eigenvalue weighted by atomic mass is 79.9. The number of hydrogen-bond acceptors (Lipinski definition) is 5. The van der Waals surface area contributed by atoms with Crippen molar-refractivity contribution in [2.75, 3.05) is 18.9 Å². The molecular formula is C14H14BrN3O4. The summed E-state index contributed by atoms with van der Waals surface area (Å²) < 4.78 is 5.68. The van der Waals surface area contributed by atoms with E-state index < -0.39 is 4.92 Å². The van der Waals surface area contributed by atoms with E-state index in [1.54, 1.807) is 24.3 Å². The maximum atomic E-state index is 12.0. The largest absolute Gasteiger partial charge is 0.468 e. The number of nitro groups is 1. The number of carbonyl (C=O) groups is 1. The van der Waals surface area contributed by atoms with Crippen molar-refractivity contribution in [3.05, 3.63) is 56.9 Å². The normalized spacial score (nSPS) is 10.7. The SMILES string of the molecule is CN(CC(=O)Nc1ccc([N+](=O)[O-])cc1Br)Cc1ccco1. The molecule has 2 rings (SSSR count). The predicted octanol–water partition coefficient (Wildman–Crippen LogP) is 3.02. The van der Waals surface area contributed by atoms with Crippen LogP contribution in [0.1, 0.15) is 5.76 Å². The van der Waals surface area contributed by atoms with Crippen molar-refractivity contribution in [2.45, 2.75) is 6.54 Å². The van der Waals surface area contributed by atoms with Crippen LogP contribution in [0.15, 0.2) is 45.5 Å². The summed E-state index contributed by atoms with van der Waals surface area (Å²) in [5.74, 6) is 0.551. The first kappa shape index (κ1) is 16.2. The van der Waals surface area contributed by atoms with Gasteiger partial charge in [-0.25, -0.2) is 0 Å². The van der Waals surface area contributed by atoms with Crippen LogP contribution in [0.4, 0.5) is 11.4 Å². The summed E-state index contributed by atoms with van der Waals surface area (Å²) in [6, 6.07) is 7.81. The molecule has 0 saturated carbocycles. The van der Waals surface area contributed by atoms with Gasteiger partial charge in [-0.15, -0.1) is 0 Å². The minimum Gasteiger partial charge on any atom is -0.468 e. The maximum Gasteiger partial charge on any atom is 0.270 e. The zero-order chi connectivity index (χ0) is 16.1. The van der Waals surface area contributed by atoms with Crippen molar-refractivity contribution in [3.8, 4) is 0 Å². The second-order valence-corrected chi connectivity index (χ2v) is 5.58. The molecule has 0 atom stereocenters. The van der Waals surface area contributed by atoms with Gasteiger partial charge in [0.05, 0.1) is 30.0 Å². The molecule has 7 nitrogen and oxygen atoms in total. The van der Waals surface area contributed by atoms with Gasteiger partial charge in [0.1, 0.15) is 5.76 Å². The van der Waals surface area contributed by atoms with Crippen LogP contribution < -0.4 is 5.32 Å². The lowest BCUT2D eigenvalue weighted by atomic mass is 10.3. The fourth-order valence-electron chi connectivity index (χ4n) is 1.88. The Labute approximate surface area is 135 Å². The number of rotatable bonds is 6. The molecule has 0 aliphatic carbocycles. The van der Waals surface area contributed by atoms with Crippen molar-refractivity contribution in [1.29, 1.82) is 0 Å². The van der Waals surface area contributed by atoms with E-state index >= 15 is 0 Å². The van der Waals surface area contributed by atoms with Crippen molar-refractivity contribution in [3.63, 3.8) is 0 Å². The molecule has 0 aliphatic heterocycles. The molecular weight excluding hydrogens is 354 g/mol. The number of hydrogen-bond donors (Lipinski definition) is 1. The van der Waals surface area contributed by atoms with Crippen LogP contribution in [0.3, 0.4) is 0 Å². The van der Waals surface area contributed by atoms with E-state index in [0.29, 0.717) is 16.7 Å². The minimum atomic E-state index is -0.493. The van der Waals surface area contributed by atoms with Gasteiger partial charge in [-0.2, -0.15) is 0 Å². The second kappa shape index (κ2) is 7.19. The quantitative estimate of drug-likeness (QED) is 0.626. The van der Waals surface area contributed by atoms with Gasteiger partial charge < -0.3 is 9.73 Å². The summed E-state index contributed by atoms with van der Waals surface area (Å²) in [5, 5.41) is 13.4. The van der Waals surface area contributed by atoms with Crippen LogP contribution >= 0.6 is 15.9 Å². The summed E-state index contributed by atoms with van der Waals surface area (Å²) in [6.07, 6.45) is 1.58. The van der Waals surface area contributed by atoms with Gasteiger partial charge in [0.15, 0.2) is 0 Å². The molecule has 0 aliphatic rings. The number of nitrogens with zero attached hydrogens (tertiary/aromatic N) is 2. The highest BCUT2D eigenvalue weighted by Gasteiger charge is 2.13. The molecule has 8 heteroatoms. The standard InChI is InChI=1S/C14H14BrN3O4/c1-17(8-11-3-2-6-22-11)9-14(19)16-13-5-4-10(18(20)21)7-12(13)15/h2-7H,8-9H2,1H3,(H,16,19). The molecule has 0 spiro atoms. The van der Waals surface area contributed by atoms with E-state index in [0.717, 1.165) is 5.76 Å². The number of nitro benzene ring substituents is 1. The number of benzene rings is 1. The lowest BCUT2D eigenvalue weighted by Gasteiger charge is -2.15. The monoisotopic (exact) mass is 367 g/mol. The van der Waals surface area contributed by atoms with Gasteiger partial charge in [0, 0.05) is 16.6 Å². The van der Waals surface area contributed by atoms with Crippen LogP contribution in [0.2, 0.25) is 0 Å². The van der Waals surface area contributed by atoms with Crippen LogP contribution in [-0.4, -0.2) is 29.3 Å². The lowest BCUT2D eigenvalue weighted by Crippen LogP contribution is -2.29. The third-order valence-corrected chi connectivity index (χ3v) is 3.51. The maximum absolute atomic E-state index is 12.0. The van der Waals surface area contributed by atoms with E-state index in [1.807, 2.05) is 6.07 Å². The van der Waals surface area contributed by atoms with Gasteiger partial charge >= 0.3 is 0 Å². The molecule has 2 aromatic rings. The molecule has 0 saturated heterocycles. The first-order valence-corrected chi connectivity index (χ1v) is 7.19. The molecule has 1 heterocycles. The van der Waals surface area contributed by atoms with Crippen LogP contribution in [-0.2, 0) is 11.3 Å². The first-order valence-electron chi connectivity index (χ1n) is 6.40. The Morgan fingerprint density at radius 1 is 1.45 bits per heavy atom. The smallest absolute Gasteiger partial charge is 0.270 e. The minimum absolute atomic E-state index is 0.0418. The predicted molar refractivity (Wildman–Crippen MR) is 84.5 cm³/mol. The van der Waals surface area contributed by atoms with Gasteiger partial charge in [-0.05, 0) is 41.2 Å². The number of amides is 1. The lowest BCUT2D eigenvalue weighted by molar-refractivity contribution is -0.384. The average molecular weight is 368 g/mol. The highest BCUT2D eigenvalue weighted by molar-refractivity contribution is 9.10. The van der Waals surface area contributed by atoms with Gasteiger partial charge in [0.2, 0.25) is 5.91 Å². The summed E-state index contributed by atoms with van der Waals surface area (Å²) >= 11 is 3.21. The van der Waals surface area contributed by atoms with Gasteiger partial charge in [0.25, 0.3) is 5.69 Å².